The molecule has 0 aliphatic rings. The summed E-state index contributed by atoms with van der Waals surface area (Å²) in [6.45, 7) is 3.68. The van der Waals surface area contributed by atoms with Crippen LogP contribution in [0, 0.1) is 18.3 Å². The SMILES string of the molecule is Cc1ccncc1-c1cc2cc(NC(=O)Nc3cnn([C@@H](C)C#N)c3)ncc2c(N)n1. The van der Waals surface area contributed by atoms with E-state index in [0.29, 0.717) is 28.4 Å². The van der Waals surface area contributed by atoms with E-state index in [1.165, 1.54) is 10.9 Å². The summed E-state index contributed by atoms with van der Waals surface area (Å²) in [7, 11) is 0. The van der Waals surface area contributed by atoms with E-state index in [9.17, 15) is 4.79 Å². The number of carbonyl (C=O) groups excluding carboxylic acids is 1. The van der Waals surface area contributed by atoms with Gasteiger partial charge in [0.2, 0.25) is 0 Å². The van der Waals surface area contributed by atoms with Crippen LogP contribution in [0.1, 0.15) is 18.5 Å². The molecule has 4 aromatic heterocycles. The number of aryl methyl sites for hydroxylation is 1. The number of nitrogens with one attached hydrogen (secondary N) is 2. The molecule has 1 atom stereocenters. The molecule has 0 fully saturated rings. The maximum atomic E-state index is 12.4. The number of nitrogen functional groups attached to an aromatic ring is 1. The molecule has 10 heteroatoms. The third-order valence-electron chi connectivity index (χ3n) is 4.74. The van der Waals surface area contributed by atoms with Gasteiger partial charge in [-0.05, 0) is 43.0 Å². The van der Waals surface area contributed by atoms with Gasteiger partial charge >= 0.3 is 6.03 Å². The largest absolute Gasteiger partial charge is 0.383 e. The number of aromatic nitrogens is 5. The van der Waals surface area contributed by atoms with Crippen molar-refractivity contribution in [3.63, 3.8) is 0 Å². The van der Waals surface area contributed by atoms with E-state index in [2.05, 4.69) is 36.8 Å². The van der Waals surface area contributed by atoms with Gasteiger partial charge in [0.25, 0.3) is 0 Å². The number of urea groups is 1. The number of nitrogens with zero attached hydrogens (tertiary/aromatic N) is 6. The Morgan fingerprint density at radius 1 is 1.26 bits per heavy atom. The number of hydrogen-bond acceptors (Lipinski definition) is 7. The van der Waals surface area contributed by atoms with Crippen molar-refractivity contribution < 1.29 is 4.79 Å². The molecule has 0 aliphatic heterocycles. The third kappa shape index (κ3) is 4.11. The molecule has 31 heavy (non-hydrogen) atoms. The van der Waals surface area contributed by atoms with Crippen molar-refractivity contribution in [2.24, 2.45) is 0 Å². The Morgan fingerprint density at radius 3 is 2.87 bits per heavy atom. The van der Waals surface area contributed by atoms with Gasteiger partial charge in [0.15, 0.2) is 0 Å². The van der Waals surface area contributed by atoms with Crippen molar-refractivity contribution in [3.05, 3.63) is 54.7 Å². The van der Waals surface area contributed by atoms with Gasteiger partial charge in [-0.15, -0.1) is 0 Å². The number of rotatable bonds is 4. The summed E-state index contributed by atoms with van der Waals surface area (Å²) in [6.07, 6.45) is 8.08. The lowest BCUT2D eigenvalue weighted by Crippen LogP contribution is -2.19. The molecule has 0 unspecified atom stereocenters. The average Bonchev–Trinajstić information content (AvgIpc) is 3.21. The molecule has 0 aromatic carbocycles. The topological polar surface area (TPSA) is 147 Å². The van der Waals surface area contributed by atoms with E-state index in [4.69, 9.17) is 11.0 Å². The van der Waals surface area contributed by atoms with Gasteiger partial charge < -0.3 is 11.1 Å². The van der Waals surface area contributed by atoms with Gasteiger partial charge in [-0.25, -0.2) is 14.8 Å². The van der Waals surface area contributed by atoms with Gasteiger partial charge in [-0.1, -0.05) is 0 Å². The van der Waals surface area contributed by atoms with Crippen molar-refractivity contribution >= 4 is 34.1 Å². The van der Waals surface area contributed by atoms with Gasteiger partial charge in [0, 0.05) is 29.5 Å². The fraction of sp³-hybridized carbons (Fsp3) is 0.143. The minimum Gasteiger partial charge on any atom is -0.383 e. The maximum absolute atomic E-state index is 12.4. The van der Waals surface area contributed by atoms with Crippen LogP contribution in [-0.2, 0) is 0 Å². The highest BCUT2D eigenvalue weighted by molar-refractivity contribution is 6.01. The molecular weight excluding hydrogens is 394 g/mol. The second kappa shape index (κ2) is 8.08. The minimum atomic E-state index is -0.485. The molecule has 4 N–H and O–H groups in total. The highest BCUT2D eigenvalue weighted by Gasteiger charge is 2.12. The van der Waals surface area contributed by atoms with Crippen LogP contribution in [-0.4, -0.2) is 30.8 Å². The number of pyridine rings is 3. The molecule has 4 aromatic rings. The van der Waals surface area contributed by atoms with Crippen molar-refractivity contribution in [2.45, 2.75) is 19.9 Å². The summed E-state index contributed by atoms with van der Waals surface area (Å²) in [4.78, 5) is 25.2. The molecule has 0 aliphatic carbocycles. The van der Waals surface area contributed by atoms with E-state index in [1.54, 1.807) is 37.8 Å². The summed E-state index contributed by atoms with van der Waals surface area (Å²) in [5.41, 5.74) is 9.19. The molecule has 4 heterocycles. The van der Waals surface area contributed by atoms with E-state index >= 15 is 0 Å². The van der Waals surface area contributed by atoms with Crippen LogP contribution in [0.5, 0.6) is 0 Å². The molecule has 0 spiro atoms. The summed E-state index contributed by atoms with van der Waals surface area (Å²) in [5.74, 6) is 0.695. The molecule has 0 saturated carbocycles. The Hall–Kier alpha value is -4.52. The predicted molar refractivity (Wildman–Crippen MR) is 117 cm³/mol. The van der Waals surface area contributed by atoms with Crippen molar-refractivity contribution in [1.82, 2.24) is 24.7 Å². The number of nitrogens with two attached hydrogens (primary N) is 1. The number of carbonyl (C=O) groups is 1. The molecule has 0 radical (unpaired) electrons. The number of fused-ring (bicyclic) bond motifs is 1. The van der Waals surface area contributed by atoms with Crippen LogP contribution in [0.15, 0.2) is 49.2 Å². The third-order valence-corrected chi connectivity index (χ3v) is 4.74. The summed E-state index contributed by atoms with van der Waals surface area (Å²) in [6, 6.07) is 6.67. The Bertz CT molecular complexity index is 1320. The standard InChI is InChI=1S/C21H19N9O/c1-12-3-4-24-9-16(12)18-5-14-6-19(25-10-17(14)20(23)28-18)29-21(31)27-15-8-26-30(11-15)13(2)7-22/h3-6,8-11,13H,1-2H3,(H2,23,28)(H2,25,27,29,31)/t13-/m0/s1. The molecular formula is C21H19N9O. The fourth-order valence-corrected chi connectivity index (χ4v) is 3.06. The van der Waals surface area contributed by atoms with E-state index < -0.39 is 12.1 Å². The molecule has 4 rings (SSSR count). The van der Waals surface area contributed by atoms with Gasteiger partial charge in [0.1, 0.15) is 17.7 Å². The van der Waals surface area contributed by atoms with E-state index in [1.807, 2.05) is 19.1 Å². The van der Waals surface area contributed by atoms with Crippen LogP contribution in [0.25, 0.3) is 22.0 Å². The van der Waals surface area contributed by atoms with Gasteiger partial charge in [-0.3, -0.25) is 15.0 Å². The minimum absolute atomic E-state index is 0.346. The first kappa shape index (κ1) is 19.8. The molecule has 154 valence electrons. The van der Waals surface area contributed by atoms with Crippen molar-refractivity contribution in [3.8, 4) is 17.3 Å². The second-order valence-electron chi connectivity index (χ2n) is 6.97. The Balaban J connectivity index is 1.57. The Labute approximate surface area is 177 Å². The Morgan fingerprint density at radius 2 is 2.10 bits per heavy atom. The molecule has 0 bridgehead atoms. The first-order valence-electron chi connectivity index (χ1n) is 9.43. The smallest absolute Gasteiger partial charge is 0.324 e. The Kier molecular flexibility index (Phi) is 5.15. The average molecular weight is 413 g/mol. The maximum Gasteiger partial charge on any atom is 0.324 e. The number of hydrogen-bond donors (Lipinski definition) is 3. The number of nitriles is 1. The summed E-state index contributed by atoms with van der Waals surface area (Å²) < 4.78 is 1.46. The summed E-state index contributed by atoms with van der Waals surface area (Å²) in [5, 5.41) is 19.8. The quantitative estimate of drug-likeness (QED) is 0.464. The molecule has 0 saturated heterocycles. The first-order chi connectivity index (χ1) is 14.9. The van der Waals surface area contributed by atoms with E-state index in [0.717, 1.165) is 16.5 Å². The van der Waals surface area contributed by atoms with Crippen LogP contribution in [0.4, 0.5) is 22.1 Å². The zero-order valence-electron chi connectivity index (χ0n) is 16.9. The first-order valence-corrected chi connectivity index (χ1v) is 9.43. The van der Waals surface area contributed by atoms with Crippen LogP contribution >= 0.6 is 0 Å². The highest BCUT2D eigenvalue weighted by atomic mass is 16.2. The van der Waals surface area contributed by atoms with Crippen LogP contribution in [0.3, 0.4) is 0 Å². The van der Waals surface area contributed by atoms with E-state index in [-0.39, 0.29) is 0 Å². The number of anilines is 3. The van der Waals surface area contributed by atoms with Crippen molar-refractivity contribution in [2.75, 3.05) is 16.4 Å². The lowest BCUT2D eigenvalue weighted by atomic mass is 10.1. The van der Waals surface area contributed by atoms with Crippen molar-refractivity contribution in [1.29, 1.82) is 5.26 Å². The lowest BCUT2D eigenvalue weighted by Gasteiger charge is -2.10. The normalized spacial score (nSPS) is 11.6. The predicted octanol–water partition coefficient (Wildman–Crippen LogP) is 3.51. The zero-order chi connectivity index (χ0) is 22.0. The monoisotopic (exact) mass is 413 g/mol. The van der Waals surface area contributed by atoms with Gasteiger partial charge in [0.05, 0.1) is 29.8 Å². The second-order valence-corrected chi connectivity index (χ2v) is 6.97. The molecule has 2 amide bonds. The zero-order valence-corrected chi connectivity index (χ0v) is 16.9. The van der Waals surface area contributed by atoms with Gasteiger partial charge in [-0.2, -0.15) is 10.4 Å². The molecule has 10 nitrogen and oxygen atoms in total. The van der Waals surface area contributed by atoms with Crippen LogP contribution in [0.2, 0.25) is 0 Å². The summed E-state index contributed by atoms with van der Waals surface area (Å²) >= 11 is 0. The number of amides is 2. The fourth-order valence-electron chi connectivity index (χ4n) is 3.06. The highest BCUT2D eigenvalue weighted by Crippen LogP contribution is 2.28. The van der Waals surface area contributed by atoms with Crippen LogP contribution < -0.4 is 16.4 Å². The lowest BCUT2D eigenvalue weighted by molar-refractivity contribution is 0.262.